The Balaban J connectivity index is 3.11. The highest BCUT2D eigenvalue weighted by Gasteiger charge is 2.31. The molecular formula is C8H7BF3O3. The minimum Gasteiger partial charge on any atom is -0.537 e. The van der Waals surface area contributed by atoms with Crippen LogP contribution < -0.4 is 9.39 Å². The van der Waals surface area contributed by atoms with Crippen molar-refractivity contribution < 1.29 is 27.6 Å². The van der Waals surface area contributed by atoms with E-state index in [-0.39, 0.29) is 11.5 Å². The van der Waals surface area contributed by atoms with Crippen molar-refractivity contribution in [2.45, 2.75) is 6.18 Å². The topological polar surface area (TPSA) is 38.7 Å². The lowest BCUT2D eigenvalue weighted by Crippen LogP contribution is -2.07. The second-order valence-electron chi connectivity index (χ2n) is 2.62. The third kappa shape index (κ3) is 3.05. The maximum Gasteiger partial charge on any atom is 0.569 e. The van der Waals surface area contributed by atoms with Crippen molar-refractivity contribution in [2.75, 3.05) is 7.11 Å². The lowest BCUT2D eigenvalue weighted by Gasteiger charge is -2.11. The molecule has 1 aromatic rings. The number of methoxy groups -OCH3 is 1. The van der Waals surface area contributed by atoms with Crippen LogP contribution in [0.1, 0.15) is 5.56 Å². The molecule has 0 amide bonds. The number of hydrogen-bond acceptors (Lipinski definition) is 3. The highest BCUT2D eigenvalue weighted by molar-refractivity contribution is 6.17. The van der Waals surface area contributed by atoms with Crippen molar-refractivity contribution in [3.63, 3.8) is 0 Å². The molecule has 0 spiro atoms. The van der Waals surface area contributed by atoms with Crippen LogP contribution in [-0.2, 0) is 6.18 Å². The maximum atomic E-state index is 12.3. The predicted molar refractivity (Wildman–Crippen MR) is 46.6 cm³/mol. The summed E-state index contributed by atoms with van der Waals surface area (Å²) in [6.07, 6.45) is -4.48. The highest BCUT2D eigenvalue weighted by atomic mass is 19.4. The zero-order valence-corrected chi connectivity index (χ0v) is 7.71. The van der Waals surface area contributed by atoms with E-state index in [2.05, 4.69) is 9.39 Å². The molecule has 7 heteroatoms. The van der Waals surface area contributed by atoms with E-state index in [0.29, 0.717) is 7.69 Å². The molecule has 1 aromatic carbocycles. The number of ether oxygens (including phenoxy) is 1. The minimum atomic E-state index is -4.48. The van der Waals surface area contributed by atoms with Crippen LogP contribution in [0.3, 0.4) is 0 Å². The molecule has 0 aromatic heterocycles. The van der Waals surface area contributed by atoms with Crippen molar-refractivity contribution in [1.82, 2.24) is 0 Å². The maximum absolute atomic E-state index is 12.3. The fraction of sp³-hybridized carbons (Fsp3) is 0.250. The van der Waals surface area contributed by atoms with E-state index < -0.39 is 11.7 Å². The summed E-state index contributed by atoms with van der Waals surface area (Å²) >= 11 is 0. The first-order valence-electron chi connectivity index (χ1n) is 3.86. The molecule has 0 saturated heterocycles. The van der Waals surface area contributed by atoms with E-state index >= 15 is 0 Å². The number of benzene rings is 1. The Kier molecular flexibility index (Phi) is 3.46. The van der Waals surface area contributed by atoms with Crippen molar-refractivity contribution >= 4 is 7.69 Å². The number of hydrogen-bond donors (Lipinski definition) is 1. The molecule has 3 nitrogen and oxygen atoms in total. The van der Waals surface area contributed by atoms with Gasteiger partial charge in [0.15, 0.2) is 0 Å². The molecule has 0 aliphatic rings. The zero-order chi connectivity index (χ0) is 11.5. The van der Waals surface area contributed by atoms with Crippen LogP contribution in [0, 0.1) is 0 Å². The van der Waals surface area contributed by atoms with Crippen LogP contribution in [0.2, 0.25) is 0 Å². The van der Waals surface area contributed by atoms with Crippen LogP contribution in [0.4, 0.5) is 13.2 Å². The van der Waals surface area contributed by atoms with Gasteiger partial charge in [0.2, 0.25) is 0 Å². The van der Waals surface area contributed by atoms with Gasteiger partial charge < -0.3 is 14.4 Å². The molecular weight excluding hydrogens is 212 g/mol. The first-order valence-corrected chi connectivity index (χ1v) is 3.86. The summed E-state index contributed by atoms with van der Waals surface area (Å²) in [6.45, 7) is 0. The van der Waals surface area contributed by atoms with Crippen molar-refractivity contribution in [2.24, 2.45) is 0 Å². The predicted octanol–water partition coefficient (Wildman–Crippen LogP) is 1.62. The Morgan fingerprint density at radius 1 is 1.20 bits per heavy atom. The summed E-state index contributed by atoms with van der Waals surface area (Å²) in [5.74, 6) is -0.147. The summed E-state index contributed by atoms with van der Waals surface area (Å²) in [6, 6.07) is 2.82. The fourth-order valence-corrected chi connectivity index (χ4v) is 0.982. The third-order valence-corrected chi connectivity index (χ3v) is 1.63. The standard InChI is InChI=1S/C8H7BF3O3/c1-14-6-2-5(8(10,11)12)3-7(4-6)15-9-13/h2-4,13H,1H3. The minimum absolute atomic E-state index is 0.00155. The average molecular weight is 219 g/mol. The average Bonchev–Trinajstić information content (AvgIpc) is 2.16. The van der Waals surface area contributed by atoms with E-state index in [0.717, 1.165) is 12.1 Å². The Morgan fingerprint density at radius 3 is 2.27 bits per heavy atom. The quantitative estimate of drug-likeness (QED) is 0.785. The van der Waals surface area contributed by atoms with E-state index in [1.54, 1.807) is 0 Å². The Bertz CT molecular complexity index is 340. The molecule has 0 saturated carbocycles. The highest BCUT2D eigenvalue weighted by Crippen LogP contribution is 2.34. The molecule has 0 atom stereocenters. The zero-order valence-electron chi connectivity index (χ0n) is 7.71. The molecule has 0 bridgehead atoms. The Labute approximate surface area is 84.7 Å². The Morgan fingerprint density at radius 2 is 1.80 bits per heavy atom. The van der Waals surface area contributed by atoms with E-state index in [1.165, 1.54) is 13.2 Å². The molecule has 0 heterocycles. The van der Waals surface area contributed by atoms with Gasteiger partial charge in [-0.25, -0.2) is 0 Å². The second kappa shape index (κ2) is 4.44. The van der Waals surface area contributed by atoms with E-state index in [1.807, 2.05) is 0 Å². The molecule has 1 rings (SSSR count). The molecule has 0 aliphatic heterocycles. The summed E-state index contributed by atoms with van der Waals surface area (Å²) in [4.78, 5) is 0. The smallest absolute Gasteiger partial charge is 0.537 e. The van der Waals surface area contributed by atoms with Crippen molar-refractivity contribution in [1.29, 1.82) is 0 Å². The molecule has 0 fully saturated rings. The van der Waals surface area contributed by atoms with Gasteiger partial charge in [0, 0.05) is 6.07 Å². The number of halogens is 3. The van der Waals surface area contributed by atoms with Gasteiger partial charge in [0.05, 0.1) is 12.7 Å². The van der Waals surface area contributed by atoms with Gasteiger partial charge in [-0.05, 0) is 12.1 Å². The van der Waals surface area contributed by atoms with Crippen LogP contribution in [0.25, 0.3) is 0 Å². The van der Waals surface area contributed by atoms with Crippen LogP contribution >= 0.6 is 0 Å². The van der Waals surface area contributed by atoms with Gasteiger partial charge in [-0.2, -0.15) is 13.2 Å². The SMILES string of the molecule is COc1cc(O[B]O)cc(C(F)(F)F)c1. The summed E-state index contributed by atoms with van der Waals surface area (Å²) in [5.41, 5.74) is -0.904. The summed E-state index contributed by atoms with van der Waals surface area (Å²) in [5, 5.41) is 8.31. The van der Waals surface area contributed by atoms with E-state index in [9.17, 15) is 13.2 Å². The lowest BCUT2D eigenvalue weighted by atomic mass is 10.2. The molecule has 1 radical (unpaired) electrons. The monoisotopic (exact) mass is 219 g/mol. The number of alkyl halides is 3. The molecule has 0 aliphatic carbocycles. The van der Waals surface area contributed by atoms with Crippen LogP contribution in [0.5, 0.6) is 11.5 Å². The molecule has 0 unspecified atom stereocenters. The van der Waals surface area contributed by atoms with Gasteiger partial charge in [0.25, 0.3) is 0 Å². The Hall–Kier alpha value is -1.37. The van der Waals surface area contributed by atoms with Gasteiger partial charge in [-0.1, -0.05) is 0 Å². The lowest BCUT2D eigenvalue weighted by molar-refractivity contribution is -0.137. The van der Waals surface area contributed by atoms with Crippen LogP contribution in [0.15, 0.2) is 18.2 Å². The first kappa shape index (κ1) is 11.7. The van der Waals surface area contributed by atoms with Gasteiger partial charge >= 0.3 is 13.9 Å². The largest absolute Gasteiger partial charge is 0.569 e. The summed E-state index contributed by atoms with van der Waals surface area (Å²) in [7, 11) is 1.54. The molecule has 81 valence electrons. The van der Waals surface area contributed by atoms with Crippen LogP contribution in [-0.4, -0.2) is 19.8 Å². The summed E-state index contributed by atoms with van der Waals surface area (Å²) < 4.78 is 46.1. The first-order chi connectivity index (χ1) is 6.97. The molecule has 15 heavy (non-hydrogen) atoms. The normalized spacial score (nSPS) is 11.0. The van der Waals surface area contributed by atoms with Gasteiger partial charge in [0.1, 0.15) is 11.5 Å². The second-order valence-corrected chi connectivity index (χ2v) is 2.62. The molecule has 1 N–H and O–H groups in total. The van der Waals surface area contributed by atoms with E-state index in [4.69, 9.17) is 5.02 Å². The van der Waals surface area contributed by atoms with Crippen molar-refractivity contribution in [3.05, 3.63) is 23.8 Å². The third-order valence-electron chi connectivity index (χ3n) is 1.63. The van der Waals surface area contributed by atoms with Gasteiger partial charge in [-0.15, -0.1) is 0 Å². The van der Waals surface area contributed by atoms with Crippen molar-refractivity contribution in [3.8, 4) is 11.5 Å². The van der Waals surface area contributed by atoms with Gasteiger partial charge in [-0.3, -0.25) is 0 Å². The fourth-order valence-electron chi connectivity index (χ4n) is 0.982. The number of rotatable bonds is 3.